The molecule has 0 spiro atoms. The van der Waals surface area contributed by atoms with Gasteiger partial charge in [-0.1, -0.05) is 18.0 Å². The first-order valence-corrected chi connectivity index (χ1v) is 8.44. The number of anilines is 1. The van der Waals surface area contributed by atoms with E-state index in [1.807, 2.05) is 4.90 Å². The molecule has 0 aromatic heterocycles. The minimum atomic E-state index is -0.777. The summed E-state index contributed by atoms with van der Waals surface area (Å²) >= 11 is 5.83. The lowest BCUT2D eigenvalue weighted by Gasteiger charge is -2.26. The average molecular weight is 391 g/mol. The van der Waals surface area contributed by atoms with E-state index < -0.39 is 23.2 Å². The molecular formula is C17H21Cl2FN2O3. The second-order valence-corrected chi connectivity index (χ2v) is 7.21. The first-order chi connectivity index (χ1) is 11.3. The molecule has 1 aromatic carbocycles. The van der Waals surface area contributed by atoms with Gasteiger partial charge in [-0.2, -0.15) is 0 Å². The number of amides is 1. The second kappa shape index (κ2) is 7.48. The number of carbonyl (C=O) groups excluding carboxylic acids is 1. The van der Waals surface area contributed by atoms with Crippen molar-refractivity contribution in [1.82, 2.24) is 4.90 Å². The number of benzene rings is 1. The van der Waals surface area contributed by atoms with Crippen molar-refractivity contribution in [2.75, 3.05) is 18.4 Å². The van der Waals surface area contributed by atoms with Gasteiger partial charge in [0, 0.05) is 18.1 Å². The largest absolute Gasteiger partial charge is 0.481 e. The molecule has 1 aliphatic heterocycles. The van der Waals surface area contributed by atoms with E-state index in [1.165, 1.54) is 18.2 Å². The Morgan fingerprint density at radius 2 is 2.20 bits per heavy atom. The van der Waals surface area contributed by atoms with Gasteiger partial charge in [0.05, 0.1) is 17.1 Å². The molecule has 1 aromatic rings. The summed E-state index contributed by atoms with van der Waals surface area (Å²) in [5.74, 6) is -1.62. The Kier molecular flexibility index (Phi) is 5.97. The van der Waals surface area contributed by atoms with Crippen molar-refractivity contribution >= 4 is 41.6 Å². The highest BCUT2D eigenvalue weighted by molar-refractivity contribution is 6.30. The topological polar surface area (TPSA) is 69.6 Å². The normalized spacial score (nSPS) is 26.6. The zero-order valence-electron chi connectivity index (χ0n) is 13.8. The number of carboxylic acid groups (broad SMARTS) is 1. The van der Waals surface area contributed by atoms with Gasteiger partial charge >= 0.3 is 5.97 Å². The number of likely N-dealkylation sites (tertiary alicyclic amines) is 1. The van der Waals surface area contributed by atoms with Gasteiger partial charge in [0.2, 0.25) is 5.91 Å². The molecule has 138 valence electrons. The lowest BCUT2D eigenvalue weighted by molar-refractivity contribution is -0.149. The van der Waals surface area contributed by atoms with Crippen LogP contribution in [0.2, 0.25) is 5.02 Å². The molecule has 1 saturated carbocycles. The summed E-state index contributed by atoms with van der Waals surface area (Å²) < 4.78 is 13.8. The van der Waals surface area contributed by atoms with Crippen LogP contribution in [0.5, 0.6) is 0 Å². The molecule has 5 nitrogen and oxygen atoms in total. The molecule has 25 heavy (non-hydrogen) atoms. The summed E-state index contributed by atoms with van der Waals surface area (Å²) in [7, 11) is 0. The number of nitrogens with one attached hydrogen (secondary N) is 1. The molecule has 2 aliphatic rings. The summed E-state index contributed by atoms with van der Waals surface area (Å²) in [4.78, 5) is 26.1. The van der Waals surface area contributed by atoms with Crippen molar-refractivity contribution in [3.63, 3.8) is 0 Å². The summed E-state index contributed by atoms with van der Waals surface area (Å²) in [6, 6.07) is 3.43. The molecule has 2 fully saturated rings. The Balaban J connectivity index is 0.00000225. The molecule has 0 radical (unpaired) electrons. The standard InChI is InChI=1S/C17H20ClFN2O3.ClH/c1-10(15(22)20-14-7-12(18)4-5-13(14)19)21-8-11-3-2-6-17(11,9-21)16(23)24;/h4-5,7,10-11H,2-3,6,8-9H2,1H3,(H,20,22)(H,23,24);1H/t10?,11-,17+;/m0./s1. The maximum atomic E-state index is 13.8. The Hall–Kier alpha value is -1.37. The third-order valence-corrected chi connectivity index (χ3v) is 5.67. The molecular weight excluding hydrogens is 370 g/mol. The predicted octanol–water partition coefficient (Wildman–Crippen LogP) is 3.41. The zero-order valence-corrected chi connectivity index (χ0v) is 15.4. The zero-order chi connectivity index (χ0) is 17.5. The highest BCUT2D eigenvalue weighted by Crippen LogP contribution is 2.49. The van der Waals surface area contributed by atoms with Gasteiger partial charge in [-0.05, 0) is 43.9 Å². The number of rotatable bonds is 4. The second-order valence-electron chi connectivity index (χ2n) is 6.77. The maximum Gasteiger partial charge on any atom is 0.311 e. The van der Waals surface area contributed by atoms with E-state index in [0.717, 1.165) is 12.8 Å². The fourth-order valence-corrected chi connectivity index (χ4v) is 4.14. The van der Waals surface area contributed by atoms with E-state index in [4.69, 9.17) is 11.6 Å². The Bertz CT molecular complexity index is 688. The molecule has 3 atom stereocenters. The van der Waals surface area contributed by atoms with Gasteiger partial charge < -0.3 is 10.4 Å². The maximum absolute atomic E-state index is 13.8. The Labute approximate surface area is 156 Å². The number of carbonyl (C=O) groups is 2. The fraction of sp³-hybridized carbons (Fsp3) is 0.529. The monoisotopic (exact) mass is 390 g/mol. The van der Waals surface area contributed by atoms with Crippen LogP contribution in [0.3, 0.4) is 0 Å². The quantitative estimate of drug-likeness (QED) is 0.826. The number of halogens is 3. The van der Waals surface area contributed by atoms with Crippen molar-refractivity contribution in [2.45, 2.75) is 32.2 Å². The summed E-state index contributed by atoms with van der Waals surface area (Å²) in [6.07, 6.45) is 2.44. The van der Waals surface area contributed by atoms with Gasteiger partial charge in [0.1, 0.15) is 5.82 Å². The summed E-state index contributed by atoms with van der Waals surface area (Å²) in [6.45, 7) is 2.66. The number of hydrogen-bond donors (Lipinski definition) is 2. The highest BCUT2D eigenvalue weighted by atomic mass is 35.5. The van der Waals surface area contributed by atoms with Crippen LogP contribution in [0.25, 0.3) is 0 Å². The van der Waals surface area contributed by atoms with Crippen LogP contribution in [0.15, 0.2) is 18.2 Å². The van der Waals surface area contributed by atoms with Crippen LogP contribution in [-0.2, 0) is 9.59 Å². The van der Waals surface area contributed by atoms with E-state index in [-0.39, 0.29) is 29.9 Å². The van der Waals surface area contributed by atoms with Crippen molar-refractivity contribution in [3.05, 3.63) is 29.0 Å². The van der Waals surface area contributed by atoms with Crippen LogP contribution in [-0.4, -0.2) is 41.0 Å². The number of aliphatic carboxylic acids is 1. The van der Waals surface area contributed by atoms with E-state index in [9.17, 15) is 19.1 Å². The molecule has 0 bridgehead atoms. The number of carboxylic acids is 1. The van der Waals surface area contributed by atoms with E-state index in [0.29, 0.717) is 24.5 Å². The van der Waals surface area contributed by atoms with Crippen LogP contribution in [0.4, 0.5) is 10.1 Å². The van der Waals surface area contributed by atoms with Gasteiger partial charge in [0.15, 0.2) is 0 Å². The molecule has 1 heterocycles. The number of hydrogen-bond acceptors (Lipinski definition) is 3. The first kappa shape index (κ1) is 19.9. The third-order valence-electron chi connectivity index (χ3n) is 5.44. The lowest BCUT2D eigenvalue weighted by atomic mass is 9.81. The number of fused-ring (bicyclic) bond motifs is 1. The summed E-state index contributed by atoms with van der Waals surface area (Å²) in [5, 5.41) is 12.5. The van der Waals surface area contributed by atoms with E-state index in [2.05, 4.69) is 5.32 Å². The fourth-order valence-electron chi connectivity index (χ4n) is 3.97. The molecule has 8 heteroatoms. The van der Waals surface area contributed by atoms with Crippen molar-refractivity contribution < 1.29 is 19.1 Å². The van der Waals surface area contributed by atoms with E-state index in [1.54, 1.807) is 6.92 Å². The van der Waals surface area contributed by atoms with Crippen LogP contribution in [0, 0.1) is 17.2 Å². The average Bonchev–Trinajstić information content (AvgIpc) is 3.08. The summed E-state index contributed by atoms with van der Waals surface area (Å²) in [5.41, 5.74) is -0.706. The molecule has 2 N–H and O–H groups in total. The Morgan fingerprint density at radius 1 is 1.48 bits per heavy atom. The molecule has 1 amide bonds. The van der Waals surface area contributed by atoms with Crippen molar-refractivity contribution in [1.29, 1.82) is 0 Å². The lowest BCUT2D eigenvalue weighted by Crippen LogP contribution is -2.43. The molecule has 3 rings (SSSR count). The third kappa shape index (κ3) is 3.61. The number of nitrogens with zero attached hydrogens (tertiary/aromatic N) is 1. The Morgan fingerprint density at radius 3 is 2.84 bits per heavy atom. The van der Waals surface area contributed by atoms with Crippen LogP contribution in [0.1, 0.15) is 26.2 Å². The minimum absolute atomic E-state index is 0. The van der Waals surface area contributed by atoms with Crippen LogP contribution >= 0.6 is 24.0 Å². The van der Waals surface area contributed by atoms with Crippen molar-refractivity contribution in [3.8, 4) is 0 Å². The van der Waals surface area contributed by atoms with Gasteiger partial charge in [0.25, 0.3) is 0 Å². The molecule has 1 aliphatic carbocycles. The van der Waals surface area contributed by atoms with Gasteiger partial charge in [-0.25, -0.2) is 4.39 Å². The van der Waals surface area contributed by atoms with Gasteiger partial charge in [-0.3, -0.25) is 14.5 Å². The minimum Gasteiger partial charge on any atom is -0.481 e. The smallest absolute Gasteiger partial charge is 0.311 e. The predicted molar refractivity (Wildman–Crippen MR) is 95.7 cm³/mol. The highest BCUT2D eigenvalue weighted by Gasteiger charge is 2.55. The van der Waals surface area contributed by atoms with Crippen molar-refractivity contribution in [2.24, 2.45) is 11.3 Å². The molecule has 1 unspecified atom stereocenters. The first-order valence-electron chi connectivity index (χ1n) is 8.07. The van der Waals surface area contributed by atoms with Crippen LogP contribution < -0.4 is 5.32 Å². The van der Waals surface area contributed by atoms with Gasteiger partial charge in [-0.15, -0.1) is 12.4 Å². The van der Waals surface area contributed by atoms with E-state index >= 15 is 0 Å². The SMILES string of the molecule is CC(C(=O)Nc1cc(Cl)ccc1F)N1C[C@@H]2CCC[C@@]2(C(=O)O)C1.Cl. The molecule has 1 saturated heterocycles.